The number of ether oxygens (including phenoxy) is 1. The van der Waals surface area contributed by atoms with Crippen LogP contribution in [0.2, 0.25) is 0 Å². The highest BCUT2D eigenvalue weighted by molar-refractivity contribution is 9.10. The molecule has 38 heavy (non-hydrogen) atoms. The van der Waals surface area contributed by atoms with Gasteiger partial charge in [-0.05, 0) is 74.7 Å². The molecule has 202 valence electrons. The summed E-state index contributed by atoms with van der Waals surface area (Å²) in [5.41, 5.74) is 1.66. The Balaban J connectivity index is 1.50. The lowest BCUT2D eigenvalue weighted by Gasteiger charge is -2.24. The lowest BCUT2D eigenvalue weighted by molar-refractivity contribution is -0.00635. The topological polar surface area (TPSA) is 70.7 Å². The third-order valence-corrected chi connectivity index (χ3v) is 7.20. The summed E-state index contributed by atoms with van der Waals surface area (Å²) in [7, 11) is 0. The Morgan fingerprint density at radius 2 is 1.79 bits per heavy atom. The van der Waals surface area contributed by atoms with E-state index in [1.54, 1.807) is 45.9 Å². The van der Waals surface area contributed by atoms with Gasteiger partial charge >= 0.3 is 6.09 Å². The fraction of sp³-hybridized carbons (Fsp3) is 0.379. The number of benzene rings is 3. The predicted molar refractivity (Wildman–Crippen MR) is 149 cm³/mol. The van der Waals surface area contributed by atoms with Crippen LogP contribution in [0.1, 0.15) is 55.2 Å². The van der Waals surface area contributed by atoms with Crippen LogP contribution in [0.25, 0.3) is 10.8 Å². The van der Waals surface area contributed by atoms with Crippen molar-refractivity contribution in [2.75, 3.05) is 18.4 Å². The van der Waals surface area contributed by atoms with Gasteiger partial charge in [-0.2, -0.15) is 0 Å². The minimum Gasteiger partial charge on any atom is -0.444 e. The smallest absolute Gasteiger partial charge is 0.410 e. The van der Waals surface area contributed by atoms with E-state index in [9.17, 15) is 18.4 Å². The first-order valence-electron chi connectivity index (χ1n) is 12.5. The standard InChI is InChI=1S/C29H32BrF2N3O3/c1-17-10-11-19(34-25-15-35(16-29(25,31)32)27(37)38-28(3,4)5)14-23(17)26(36)33-18(2)20-12-13-24(30)22-9-7-6-8-21(20)22/h6-14,18,25,34H,15-16H2,1-5H3,(H,33,36)/t18-,25?/m1/s1. The molecule has 1 aliphatic heterocycles. The summed E-state index contributed by atoms with van der Waals surface area (Å²) in [6.45, 7) is 7.82. The van der Waals surface area contributed by atoms with Crippen LogP contribution in [0.5, 0.6) is 0 Å². The van der Waals surface area contributed by atoms with E-state index < -0.39 is 30.2 Å². The van der Waals surface area contributed by atoms with Crippen LogP contribution in [0, 0.1) is 6.92 Å². The number of fused-ring (bicyclic) bond motifs is 1. The molecule has 0 aromatic heterocycles. The van der Waals surface area contributed by atoms with Crippen molar-refractivity contribution in [3.05, 3.63) is 75.8 Å². The van der Waals surface area contributed by atoms with Crippen LogP contribution >= 0.6 is 15.9 Å². The number of aryl methyl sites for hydroxylation is 1. The first-order valence-corrected chi connectivity index (χ1v) is 13.3. The van der Waals surface area contributed by atoms with Gasteiger partial charge in [0.1, 0.15) is 11.6 Å². The minimum absolute atomic E-state index is 0.217. The number of hydrogen-bond acceptors (Lipinski definition) is 4. The summed E-state index contributed by atoms with van der Waals surface area (Å²) in [5, 5.41) is 7.95. The second kappa shape index (κ2) is 10.5. The second-order valence-electron chi connectivity index (χ2n) is 10.7. The van der Waals surface area contributed by atoms with Gasteiger partial charge in [0, 0.05) is 15.7 Å². The van der Waals surface area contributed by atoms with Gasteiger partial charge in [0.25, 0.3) is 11.8 Å². The van der Waals surface area contributed by atoms with Crippen LogP contribution in [-0.4, -0.2) is 47.6 Å². The molecule has 9 heteroatoms. The van der Waals surface area contributed by atoms with Crippen LogP contribution in [0.3, 0.4) is 0 Å². The molecule has 4 rings (SSSR count). The quantitative estimate of drug-likeness (QED) is 0.335. The fourth-order valence-electron chi connectivity index (χ4n) is 4.57. The predicted octanol–water partition coefficient (Wildman–Crippen LogP) is 7.07. The molecule has 0 saturated carbocycles. The summed E-state index contributed by atoms with van der Waals surface area (Å²) < 4.78 is 35.8. The summed E-state index contributed by atoms with van der Waals surface area (Å²) in [5.74, 6) is -3.47. The average molecular weight is 588 g/mol. The van der Waals surface area contributed by atoms with E-state index in [-0.39, 0.29) is 18.5 Å². The molecule has 0 spiro atoms. The van der Waals surface area contributed by atoms with Gasteiger partial charge in [0.15, 0.2) is 0 Å². The van der Waals surface area contributed by atoms with Crippen molar-refractivity contribution in [1.82, 2.24) is 10.2 Å². The maximum atomic E-state index is 14.8. The van der Waals surface area contributed by atoms with Gasteiger partial charge in [-0.3, -0.25) is 9.69 Å². The molecule has 1 aliphatic rings. The second-order valence-corrected chi connectivity index (χ2v) is 11.6. The van der Waals surface area contributed by atoms with Crippen LogP contribution in [0.4, 0.5) is 19.3 Å². The van der Waals surface area contributed by atoms with Crippen molar-refractivity contribution in [2.24, 2.45) is 0 Å². The van der Waals surface area contributed by atoms with Crippen molar-refractivity contribution in [2.45, 2.75) is 58.2 Å². The van der Waals surface area contributed by atoms with Gasteiger partial charge in [-0.25, -0.2) is 13.6 Å². The molecule has 1 saturated heterocycles. The van der Waals surface area contributed by atoms with Crippen LogP contribution in [-0.2, 0) is 4.74 Å². The molecule has 2 N–H and O–H groups in total. The minimum atomic E-state index is -3.17. The van der Waals surface area contributed by atoms with Gasteiger partial charge in [0.2, 0.25) is 0 Å². The third kappa shape index (κ3) is 6.09. The number of amides is 2. The summed E-state index contributed by atoms with van der Waals surface area (Å²) in [6, 6.07) is 15.2. The third-order valence-electron chi connectivity index (χ3n) is 6.51. The molecule has 0 bridgehead atoms. The molecule has 3 aromatic rings. The van der Waals surface area contributed by atoms with Crippen molar-refractivity contribution >= 4 is 44.4 Å². The molecule has 1 fully saturated rings. The van der Waals surface area contributed by atoms with Gasteiger partial charge < -0.3 is 15.4 Å². The van der Waals surface area contributed by atoms with Crippen molar-refractivity contribution < 1.29 is 23.1 Å². The number of rotatable bonds is 5. The maximum absolute atomic E-state index is 14.8. The SMILES string of the molecule is Cc1ccc(NC2CN(C(=O)OC(C)(C)C)CC2(F)F)cc1C(=O)N[C@H](C)c1ccc(Br)c2ccccc12. The number of carbonyl (C=O) groups is 2. The lowest BCUT2D eigenvalue weighted by Crippen LogP contribution is -2.38. The van der Waals surface area contributed by atoms with E-state index >= 15 is 0 Å². The van der Waals surface area contributed by atoms with Crippen molar-refractivity contribution in [1.29, 1.82) is 0 Å². The Kier molecular flexibility index (Phi) is 7.70. The average Bonchev–Trinajstić information content (AvgIpc) is 3.13. The van der Waals surface area contributed by atoms with E-state index in [1.807, 2.05) is 43.3 Å². The van der Waals surface area contributed by atoms with E-state index in [0.29, 0.717) is 11.3 Å². The van der Waals surface area contributed by atoms with E-state index in [0.717, 1.165) is 31.3 Å². The normalized spacial score (nSPS) is 17.8. The van der Waals surface area contributed by atoms with Gasteiger partial charge in [-0.1, -0.05) is 52.3 Å². The molecule has 2 atom stereocenters. The number of halogens is 3. The van der Waals surface area contributed by atoms with Crippen LogP contribution in [0.15, 0.2) is 59.1 Å². The maximum Gasteiger partial charge on any atom is 0.410 e. The zero-order valence-corrected chi connectivity index (χ0v) is 23.7. The first-order chi connectivity index (χ1) is 17.7. The Morgan fingerprint density at radius 1 is 1.11 bits per heavy atom. The number of anilines is 1. The highest BCUT2D eigenvalue weighted by Gasteiger charge is 2.50. The Labute approximate surface area is 229 Å². The number of likely N-dealkylation sites (tertiary alicyclic amines) is 1. The largest absolute Gasteiger partial charge is 0.444 e. The number of carbonyl (C=O) groups excluding carboxylic acids is 2. The number of alkyl halides is 2. The van der Waals surface area contributed by atoms with Crippen molar-refractivity contribution in [3.63, 3.8) is 0 Å². The number of nitrogens with one attached hydrogen (secondary N) is 2. The van der Waals surface area contributed by atoms with Crippen molar-refractivity contribution in [3.8, 4) is 0 Å². The molecule has 6 nitrogen and oxygen atoms in total. The Hall–Kier alpha value is -3.20. The first kappa shape index (κ1) is 27.8. The molecule has 0 radical (unpaired) electrons. The molecule has 0 aliphatic carbocycles. The Morgan fingerprint density at radius 3 is 2.47 bits per heavy atom. The molecule has 1 heterocycles. The highest BCUT2D eigenvalue weighted by atomic mass is 79.9. The molecular formula is C29H32BrF2N3O3. The number of hydrogen-bond donors (Lipinski definition) is 2. The summed E-state index contributed by atoms with van der Waals surface area (Å²) in [6.07, 6.45) is -0.778. The Bertz CT molecular complexity index is 1370. The van der Waals surface area contributed by atoms with Gasteiger partial charge in [-0.15, -0.1) is 0 Å². The van der Waals surface area contributed by atoms with Gasteiger partial charge in [0.05, 0.1) is 19.1 Å². The summed E-state index contributed by atoms with van der Waals surface area (Å²) >= 11 is 3.58. The molecule has 1 unspecified atom stereocenters. The van der Waals surface area contributed by atoms with E-state index in [2.05, 4.69) is 26.6 Å². The monoisotopic (exact) mass is 587 g/mol. The summed E-state index contributed by atoms with van der Waals surface area (Å²) in [4.78, 5) is 26.6. The van der Waals surface area contributed by atoms with Crippen LogP contribution < -0.4 is 10.6 Å². The molecule has 3 aromatic carbocycles. The van der Waals surface area contributed by atoms with E-state index in [1.165, 1.54) is 0 Å². The fourth-order valence-corrected chi connectivity index (χ4v) is 5.05. The zero-order valence-electron chi connectivity index (χ0n) is 22.1. The zero-order chi connectivity index (χ0) is 27.8. The number of nitrogens with zero attached hydrogens (tertiary/aromatic N) is 1. The van der Waals surface area contributed by atoms with E-state index in [4.69, 9.17) is 4.74 Å². The molecule has 2 amide bonds. The lowest BCUT2D eigenvalue weighted by atomic mass is 9.99. The highest BCUT2D eigenvalue weighted by Crippen LogP contribution is 2.33. The molecular weight excluding hydrogens is 556 g/mol.